The average molecular weight is 393 g/mol. The van der Waals surface area contributed by atoms with Gasteiger partial charge >= 0.3 is 11.9 Å². The monoisotopic (exact) mass is 392 g/mol. The minimum atomic E-state index is -0.962. The van der Waals surface area contributed by atoms with Gasteiger partial charge < -0.3 is 14.2 Å². The Morgan fingerprint density at radius 3 is 1.94 bits per heavy atom. The summed E-state index contributed by atoms with van der Waals surface area (Å²) in [6, 6.07) is 0. The zero-order chi connectivity index (χ0) is 14.3. The highest BCUT2D eigenvalue weighted by Crippen LogP contribution is 2.23. The lowest BCUT2D eigenvalue weighted by Crippen LogP contribution is -2.46. The van der Waals surface area contributed by atoms with Crippen molar-refractivity contribution in [2.75, 3.05) is 0 Å². The van der Waals surface area contributed by atoms with E-state index >= 15 is 0 Å². The smallest absolute Gasteiger partial charge is 0.303 e. The standard InChI is InChI=1S/C10H14ClIO6/c1-5(16-4-13)8(17-6(2)14)9(10(11)12)18-7(3)15/h4-5,8-10H,1-3H3/t5-,8-,9+,10?/m0/s1. The van der Waals surface area contributed by atoms with E-state index in [1.54, 1.807) is 0 Å². The van der Waals surface area contributed by atoms with E-state index in [1.807, 2.05) is 22.6 Å². The van der Waals surface area contributed by atoms with Gasteiger partial charge in [0.05, 0.1) is 0 Å². The predicted molar refractivity (Wildman–Crippen MR) is 71.4 cm³/mol. The van der Waals surface area contributed by atoms with Crippen LogP contribution in [0.1, 0.15) is 20.8 Å². The summed E-state index contributed by atoms with van der Waals surface area (Å²) in [5, 5.41) is 0. The Morgan fingerprint density at radius 2 is 1.61 bits per heavy atom. The van der Waals surface area contributed by atoms with Crippen molar-refractivity contribution in [3.63, 3.8) is 0 Å². The molecule has 0 radical (unpaired) electrons. The number of hydrogen-bond acceptors (Lipinski definition) is 6. The molecule has 0 amide bonds. The van der Waals surface area contributed by atoms with Gasteiger partial charge in [-0.15, -0.1) is 11.6 Å². The zero-order valence-corrected chi connectivity index (χ0v) is 13.0. The largest absolute Gasteiger partial charge is 0.461 e. The van der Waals surface area contributed by atoms with Crippen molar-refractivity contribution in [3.05, 3.63) is 0 Å². The van der Waals surface area contributed by atoms with Crippen LogP contribution in [0.25, 0.3) is 0 Å². The van der Waals surface area contributed by atoms with Crippen molar-refractivity contribution in [1.82, 2.24) is 0 Å². The first kappa shape index (κ1) is 17.4. The van der Waals surface area contributed by atoms with Gasteiger partial charge in [-0.3, -0.25) is 14.4 Å². The van der Waals surface area contributed by atoms with E-state index < -0.39 is 33.6 Å². The van der Waals surface area contributed by atoms with E-state index in [4.69, 9.17) is 25.8 Å². The number of rotatable bonds is 7. The first-order valence-electron chi connectivity index (χ1n) is 5.01. The third-order valence-corrected chi connectivity index (χ3v) is 2.87. The molecule has 0 aromatic carbocycles. The lowest BCUT2D eigenvalue weighted by atomic mass is 10.1. The molecule has 0 aliphatic carbocycles. The van der Waals surface area contributed by atoms with Gasteiger partial charge in [0, 0.05) is 13.8 Å². The van der Waals surface area contributed by atoms with E-state index in [2.05, 4.69) is 0 Å². The van der Waals surface area contributed by atoms with Crippen LogP contribution in [0.15, 0.2) is 0 Å². The molecule has 0 N–H and O–H groups in total. The number of carbonyl (C=O) groups excluding carboxylic acids is 3. The average Bonchev–Trinajstić information content (AvgIpc) is 2.22. The van der Waals surface area contributed by atoms with E-state index in [-0.39, 0.29) is 6.47 Å². The summed E-state index contributed by atoms with van der Waals surface area (Å²) in [5.41, 5.74) is 0. The Kier molecular flexibility index (Phi) is 8.25. The van der Waals surface area contributed by atoms with E-state index in [0.29, 0.717) is 0 Å². The number of carbonyl (C=O) groups is 3. The normalized spacial score (nSPS) is 16.9. The molecule has 0 saturated heterocycles. The van der Waals surface area contributed by atoms with Crippen LogP contribution in [0.3, 0.4) is 0 Å². The fourth-order valence-corrected chi connectivity index (χ4v) is 1.99. The van der Waals surface area contributed by atoms with Crippen LogP contribution < -0.4 is 0 Å². The van der Waals surface area contributed by atoms with Crippen molar-refractivity contribution in [3.8, 4) is 0 Å². The maximum Gasteiger partial charge on any atom is 0.303 e. The predicted octanol–water partition coefficient (Wildman–Crippen LogP) is 1.41. The van der Waals surface area contributed by atoms with Crippen molar-refractivity contribution in [2.45, 2.75) is 42.5 Å². The van der Waals surface area contributed by atoms with Gasteiger partial charge in [0.25, 0.3) is 6.47 Å². The molecule has 0 aromatic heterocycles. The van der Waals surface area contributed by atoms with Crippen LogP contribution in [0.5, 0.6) is 0 Å². The van der Waals surface area contributed by atoms with E-state index in [9.17, 15) is 14.4 Å². The van der Waals surface area contributed by atoms with Crippen LogP contribution in [-0.4, -0.2) is 40.1 Å². The highest BCUT2D eigenvalue weighted by atomic mass is 127. The van der Waals surface area contributed by atoms with Crippen molar-refractivity contribution in [2.24, 2.45) is 0 Å². The molecule has 104 valence electrons. The minimum absolute atomic E-state index is 0.225. The van der Waals surface area contributed by atoms with Gasteiger partial charge in [-0.05, 0) is 6.92 Å². The summed E-state index contributed by atoms with van der Waals surface area (Å²) in [6.45, 7) is 4.14. The molecule has 0 aliphatic rings. The Labute approximate surface area is 123 Å². The molecule has 1 unspecified atom stereocenters. The molecule has 0 aromatic rings. The molecule has 6 nitrogen and oxygen atoms in total. The number of alkyl halides is 2. The number of ether oxygens (including phenoxy) is 3. The Balaban J connectivity index is 5.00. The van der Waals surface area contributed by atoms with Gasteiger partial charge in [-0.25, -0.2) is 0 Å². The second-order valence-corrected chi connectivity index (χ2v) is 5.97. The first-order chi connectivity index (χ1) is 8.29. The molecule has 0 heterocycles. The first-order valence-corrected chi connectivity index (χ1v) is 6.69. The Hall–Kier alpha value is -0.570. The molecule has 0 bridgehead atoms. The molecular weight excluding hydrogens is 378 g/mol. The summed E-state index contributed by atoms with van der Waals surface area (Å²) in [7, 11) is 0. The van der Waals surface area contributed by atoms with Crippen LogP contribution in [-0.2, 0) is 28.6 Å². The fourth-order valence-electron chi connectivity index (χ4n) is 1.24. The molecule has 0 fully saturated rings. The molecule has 18 heavy (non-hydrogen) atoms. The Morgan fingerprint density at radius 1 is 1.17 bits per heavy atom. The van der Waals surface area contributed by atoms with E-state index in [0.717, 1.165) is 0 Å². The molecule has 8 heteroatoms. The van der Waals surface area contributed by atoms with Gasteiger partial charge in [-0.1, -0.05) is 22.6 Å². The van der Waals surface area contributed by atoms with Crippen molar-refractivity contribution in [1.29, 1.82) is 0 Å². The molecule has 0 saturated carbocycles. The summed E-state index contributed by atoms with van der Waals surface area (Å²) >= 11 is 7.70. The third kappa shape index (κ3) is 6.39. The van der Waals surface area contributed by atoms with Gasteiger partial charge in [0.2, 0.25) is 0 Å². The van der Waals surface area contributed by atoms with Gasteiger partial charge in [0.15, 0.2) is 12.2 Å². The second-order valence-electron chi connectivity index (χ2n) is 3.42. The zero-order valence-electron chi connectivity index (χ0n) is 10.1. The van der Waals surface area contributed by atoms with Crippen molar-refractivity contribution >= 4 is 52.6 Å². The molecule has 0 aliphatic heterocycles. The molecule has 4 atom stereocenters. The lowest BCUT2D eigenvalue weighted by Gasteiger charge is -2.30. The number of halogens is 2. The summed E-state index contributed by atoms with van der Waals surface area (Å²) in [6.07, 6.45) is -2.66. The fraction of sp³-hybridized carbons (Fsp3) is 0.700. The summed E-state index contributed by atoms with van der Waals surface area (Å²) in [5.74, 6) is -1.16. The van der Waals surface area contributed by atoms with Crippen LogP contribution in [0.4, 0.5) is 0 Å². The topological polar surface area (TPSA) is 78.9 Å². The third-order valence-electron chi connectivity index (χ3n) is 1.91. The van der Waals surface area contributed by atoms with Crippen molar-refractivity contribution < 1.29 is 28.6 Å². The van der Waals surface area contributed by atoms with Crippen LogP contribution in [0.2, 0.25) is 0 Å². The highest BCUT2D eigenvalue weighted by molar-refractivity contribution is 14.1. The second kappa shape index (κ2) is 8.52. The van der Waals surface area contributed by atoms with Gasteiger partial charge in [-0.2, -0.15) is 0 Å². The molecule has 0 spiro atoms. The minimum Gasteiger partial charge on any atom is -0.461 e. The highest BCUT2D eigenvalue weighted by Gasteiger charge is 2.37. The number of esters is 2. The number of hydrogen-bond donors (Lipinski definition) is 0. The maximum atomic E-state index is 11.0. The summed E-state index contributed by atoms with van der Waals surface area (Å²) in [4.78, 5) is 32.3. The van der Waals surface area contributed by atoms with Crippen LogP contribution in [0, 0.1) is 0 Å². The maximum absolute atomic E-state index is 11.0. The summed E-state index contributed by atoms with van der Waals surface area (Å²) < 4.78 is 14.1. The van der Waals surface area contributed by atoms with Gasteiger partial charge in [0.1, 0.15) is 9.49 Å². The molecular formula is C10H14ClIO6. The molecule has 0 rings (SSSR count). The van der Waals surface area contributed by atoms with E-state index in [1.165, 1.54) is 20.8 Å². The SMILES string of the molecule is CC(=O)O[C@@H]([C@H](C)OC=O)[C@@H](OC(C)=O)C(Cl)I. The lowest BCUT2D eigenvalue weighted by molar-refractivity contribution is -0.176. The quantitative estimate of drug-likeness (QED) is 0.214. The van der Waals surface area contributed by atoms with Crippen LogP contribution >= 0.6 is 34.2 Å². The Bertz CT molecular complexity index is 309.